The van der Waals surface area contributed by atoms with Crippen LogP contribution in [0.2, 0.25) is 0 Å². The maximum absolute atomic E-state index is 13.3. The number of anilines is 1. The van der Waals surface area contributed by atoms with Crippen LogP contribution in [0.5, 0.6) is 0 Å². The number of carbonyl (C=O) groups excluding carboxylic acids is 2. The molecule has 2 bridgehead atoms. The van der Waals surface area contributed by atoms with Gasteiger partial charge < -0.3 is 15.5 Å². The molecule has 2 atom stereocenters. The average Bonchev–Trinajstić information content (AvgIpc) is 3.43. The fraction of sp³-hybridized carbons (Fsp3) is 0.333. The third kappa shape index (κ3) is 2.70. The van der Waals surface area contributed by atoms with Gasteiger partial charge in [0, 0.05) is 24.0 Å². The molecule has 2 amide bonds. The summed E-state index contributed by atoms with van der Waals surface area (Å²) in [5.74, 6) is -0.0326. The van der Waals surface area contributed by atoms with E-state index >= 15 is 0 Å². The van der Waals surface area contributed by atoms with E-state index in [2.05, 4.69) is 10.2 Å². The molecule has 7 nitrogen and oxygen atoms in total. The van der Waals surface area contributed by atoms with E-state index in [9.17, 15) is 9.59 Å². The summed E-state index contributed by atoms with van der Waals surface area (Å²) < 4.78 is 0. The number of amides is 2. The van der Waals surface area contributed by atoms with E-state index in [4.69, 9.17) is 5.73 Å². The molecule has 0 aliphatic carbocycles. The van der Waals surface area contributed by atoms with Gasteiger partial charge in [-0.15, -0.1) is 16.4 Å². The van der Waals surface area contributed by atoms with Crippen LogP contribution in [-0.4, -0.2) is 57.0 Å². The highest BCUT2D eigenvalue weighted by atomic mass is 32.1. The van der Waals surface area contributed by atoms with E-state index in [1.807, 2.05) is 54.0 Å². The molecule has 2 N–H and O–H groups in total. The Balaban J connectivity index is 1.39. The number of rotatable bonds is 2. The van der Waals surface area contributed by atoms with Crippen molar-refractivity contribution >= 4 is 39.1 Å². The minimum atomic E-state index is -0.0677. The Bertz CT molecular complexity index is 1140. The number of likely N-dealkylation sites (tertiary alicyclic amines) is 2. The summed E-state index contributed by atoms with van der Waals surface area (Å²) in [6.07, 6.45) is 0.813. The van der Waals surface area contributed by atoms with Gasteiger partial charge in [-0.3, -0.25) is 9.59 Å². The van der Waals surface area contributed by atoms with Gasteiger partial charge in [0.15, 0.2) is 0 Å². The summed E-state index contributed by atoms with van der Waals surface area (Å²) in [5.41, 5.74) is 9.32. The Labute approximate surface area is 172 Å². The lowest BCUT2D eigenvalue weighted by atomic mass is 10.1. The molecule has 148 valence electrons. The van der Waals surface area contributed by atoms with Gasteiger partial charge in [0.2, 0.25) is 0 Å². The normalized spacial score (nSPS) is 20.6. The van der Waals surface area contributed by atoms with Crippen LogP contribution >= 0.6 is 11.3 Å². The molecule has 2 fully saturated rings. The van der Waals surface area contributed by atoms with Crippen molar-refractivity contribution in [1.82, 2.24) is 20.0 Å². The molecule has 5 rings (SSSR count). The van der Waals surface area contributed by atoms with E-state index in [0.29, 0.717) is 34.0 Å². The van der Waals surface area contributed by atoms with Crippen molar-refractivity contribution in [2.75, 3.05) is 18.8 Å². The molecule has 1 aromatic carbocycles. The number of nitrogens with two attached hydrogens (primary N) is 1. The molecule has 0 unspecified atom stereocenters. The Morgan fingerprint density at radius 2 is 1.69 bits per heavy atom. The van der Waals surface area contributed by atoms with E-state index in [1.54, 1.807) is 0 Å². The van der Waals surface area contributed by atoms with E-state index in [0.717, 1.165) is 23.1 Å². The highest BCUT2D eigenvalue weighted by molar-refractivity contribution is 7.21. The predicted octanol–water partition coefficient (Wildman–Crippen LogP) is 2.63. The van der Waals surface area contributed by atoms with Gasteiger partial charge in [0.05, 0.1) is 23.5 Å². The van der Waals surface area contributed by atoms with Crippen LogP contribution in [0.25, 0.3) is 10.2 Å². The lowest BCUT2D eigenvalue weighted by Gasteiger charge is -2.34. The first-order chi connectivity index (χ1) is 14.0. The number of benzene rings is 1. The van der Waals surface area contributed by atoms with Gasteiger partial charge in [-0.1, -0.05) is 18.2 Å². The monoisotopic (exact) mass is 407 g/mol. The number of thiophene rings is 1. The summed E-state index contributed by atoms with van der Waals surface area (Å²) in [6, 6.07) is 9.38. The second-order valence-electron chi connectivity index (χ2n) is 7.76. The Morgan fingerprint density at radius 3 is 2.34 bits per heavy atom. The van der Waals surface area contributed by atoms with Crippen LogP contribution in [-0.2, 0) is 0 Å². The van der Waals surface area contributed by atoms with Crippen molar-refractivity contribution in [1.29, 1.82) is 0 Å². The molecule has 4 heterocycles. The lowest BCUT2D eigenvalue weighted by Crippen LogP contribution is -2.50. The van der Waals surface area contributed by atoms with Gasteiger partial charge >= 0.3 is 0 Å². The Kier molecular flexibility index (Phi) is 4.06. The largest absolute Gasteiger partial charge is 0.397 e. The quantitative estimate of drug-likeness (QED) is 0.705. The number of piperazine rings is 1. The van der Waals surface area contributed by atoms with Crippen LogP contribution in [0.4, 0.5) is 5.69 Å². The maximum atomic E-state index is 13.3. The number of fused-ring (bicyclic) bond motifs is 3. The zero-order chi connectivity index (χ0) is 20.3. The van der Waals surface area contributed by atoms with Crippen molar-refractivity contribution in [3.63, 3.8) is 0 Å². The number of carbonyl (C=O) groups is 2. The minimum Gasteiger partial charge on any atom is -0.397 e. The predicted molar refractivity (Wildman–Crippen MR) is 112 cm³/mol. The standard InChI is InChI=1S/C21H21N5O2S/c1-11-12(2)23-24-19-16(11)17(22)18(29-19)21(28)26-10-14-8-15(26)9-25(14)20(27)13-6-4-3-5-7-13/h3-7,14-15H,8-10,22H2,1-2H3/t14-,15+/m0/s1. The average molecular weight is 407 g/mol. The van der Waals surface area contributed by atoms with Gasteiger partial charge in [-0.05, 0) is 38.0 Å². The van der Waals surface area contributed by atoms with Crippen LogP contribution in [0.15, 0.2) is 30.3 Å². The lowest BCUT2D eigenvalue weighted by molar-refractivity contribution is 0.0530. The fourth-order valence-electron chi connectivity index (χ4n) is 4.44. The SMILES string of the molecule is Cc1nnc2sc(C(=O)N3C[C@@H]4C[C@@H]3CN4C(=O)c3ccccc3)c(N)c2c1C. The highest BCUT2D eigenvalue weighted by Crippen LogP contribution is 2.39. The Morgan fingerprint density at radius 1 is 1.03 bits per heavy atom. The number of hydrogen-bond donors (Lipinski definition) is 1. The summed E-state index contributed by atoms with van der Waals surface area (Å²) in [6.45, 7) is 4.94. The van der Waals surface area contributed by atoms with E-state index in [1.165, 1.54) is 11.3 Å². The molecule has 2 aliphatic heterocycles. The van der Waals surface area contributed by atoms with Gasteiger partial charge in [0.25, 0.3) is 11.8 Å². The smallest absolute Gasteiger partial charge is 0.266 e. The van der Waals surface area contributed by atoms with Crippen molar-refractivity contribution in [2.24, 2.45) is 0 Å². The molecule has 0 saturated carbocycles. The molecule has 0 radical (unpaired) electrons. The van der Waals surface area contributed by atoms with Gasteiger partial charge in [-0.2, -0.15) is 5.10 Å². The molecule has 2 aromatic heterocycles. The molecule has 0 spiro atoms. The van der Waals surface area contributed by atoms with E-state index < -0.39 is 0 Å². The molecule has 3 aromatic rings. The molecule has 29 heavy (non-hydrogen) atoms. The second-order valence-corrected chi connectivity index (χ2v) is 8.76. The minimum absolute atomic E-state index is 0.0266. The molecule has 2 aliphatic rings. The topological polar surface area (TPSA) is 92.4 Å². The number of hydrogen-bond acceptors (Lipinski definition) is 6. The van der Waals surface area contributed by atoms with Gasteiger partial charge in [-0.25, -0.2) is 0 Å². The van der Waals surface area contributed by atoms with Crippen molar-refractivity contribution in [3.05, 3.63) is 52.0 Å². The van der Waals surface area contributed by atoms with Crippen LogP contribution in [0, 0.1) is 13.8 Å². The van der Waals surface area contributed by atoms with Crippen molar-refractivity contribution < 1.29 is 9.59 Å². The Hall–Kier alpha value is -3.00. The van der Waals surface area contributed by atoms with Crippen LogP contribution in [0.1, 0.15) is 37.7 Å². The van der Waals surface area contributed by atoms with Crippen LogP contribution < -0.4 is 5.73 Å². The zero-order valence-electron chi connectivity index (χ0n) is 16.3. The van der Waals surface area contributed by atoms with Gasteiger partial charge in [0.1, 0.15) is 9.71 Å². The van der Waals surface area contributed by atoms with Crippen LogP contribution in [0.3, 0.4) is 0 Å². The molecular formula is C21H21N5O2S. The molecular weight excluding hydrogens is 386 g/mol. The van der Waals surface area contributed by atoms with Crippen molar-refractivity contribution in [3.8, 4) is 0 Å². The summed E-state index contributed by atoms with van der Waals surface area (Å²) in [4.78, 5) is 31.1. The summed E-state index contributed by atoms with van der Waals surface area (Å²) >= 11 is 1.30. The third-order valence-corrected chi connectivity index (χ3v) is 7.19. The number of nitrogens with zero attached hydrogens (tertiary/aromatic N) is 4. The first-order valence-electron chi connectivity index (χ1n) is 9.64. The first-order valence-corrected chi connectivity index (χ1v) is 10.5. The summed E-state index contributed by atoms with van der Waals surface area (Å²) in [5, 5.41) is 9.19. The number of aromatic nitrogens is 2. The molecule has 2 saturated heterocycles. The second kappa shape index (κ2) is 6.52. The zero-order valence-corrected chi connectivity index (χ0v) is 17.1. The maximum Gasteiger partial charge on any atom is 0.266 e. The number of nitrogen functional groups attached to an aromatic ring is 1. The van der Waals surface area contributed by atoms with Crippen molar-refractivity contribution in [2.45, 2.75) is 32.4 Å². The third-order valence-electron chi connectivity index (χ3n) is 6.11. The molecule has 8 heteroatoms. The summed E-state index contributed by atoms with van der Waals surface area (Å²) in [7, 11) is 0. The number of aryl methyl sites for hydroxylation is 2. The first kappa shape index (κ1) is 18.1. The fourth-order valence-corrected chi connectivity index (χ4v) is 5.50. The van der Waals surface area contributed by atoms with E-state index in [-0.39, 0.29) is 23.9 Å². The highest BCUT2D eigenvalue weighted by Gasteiger charge is 2.47.